The highest BCUT2D eigenvalue weighted by molar-refractivity contribution is 7.10. The van der Waals surface area contributed by atoms with Gasteiger partial charge in [-0.1, -0.05) is 6.07 Å². The van der Waals surface area contributed by atoms with Gasteiger partial charge < -0.3 is 20.5 Å². The number of thiophene rings is 1. The molecule has 0 saturated carbocycles. The van der Waals surface area contributed by atoms with E-state index in [2.05, 4.69) is 0 Å². The Morgan fingerprint density at radius 2 is 2.11 bits per heavy atom. The Balaban J connectivity index is 0.000000180. The van der Waals surface area contributed by atoms with Crippen molar-refractivity contribution in [1.29, 1.82) is 0 Å². The lowest BCUT2D eigenvalue weighted by atomic mass is 10.3. The van der Waals surface area contributed by atoms with E-state index in [1.54, 1.807) is 4.90 Å². The molecule has 0 aromatic carbocycles. The van der Waals surface area contributed by atoms with Crippen LogP contribution in [-0.2, 0) is 16.0 Å². The second-order valence-electron chi connectivity index (χ2n) is 3.59. The van der Waals surface area contributed by atoms with Crippen LogP contribution in [0.2, 0.25) is 0 Å². The molecular weight excluding hydrogens is 256 g/mol. The third-order valence-electron chi connectivity index (χ3n) is 2.23. The summed E-state index contributed by atoms with van der Waals surface area (Å²) in [6.45, 7) is 2.50. The van der Waals surface area contributed by atoms with E-state index >= 15 is 0 Å². The van der Waals surface area contributed by atoms with Crippen molar-refractivity contribution in [1.82, 2.24) is 4.90 Å². The Morgan fingerprint density at radius 1 is 1.44 bits per heavy atom. The standard InChI is InChI=1S/C6H6O2S.C5H10N2O2/c7-6(8)4-5-2-1-3-9-5;6-5(8)7-1-3-9-4-2-7/h1-3H,4H2,(H,7,8);1-4H2,(H2,6,8). The quantitative estimate of drug-likeness (QED) is 0.831. The van der Waals surface area contributed by atoms with Gasteiger partial charge in [-0.25, -0.2) is 4.79 Å². The van der Waals surface area contributed by atoms with Gasteiger partial charge in [-0.05, 0) is 11.4 Å². The Hall–Kier alpha value is -1.60. The lowest BCUT2D eigenvalue weighted by Gasteiger charge is -2.24. The first kappa shape index (κ1) is 14.5. The van der Waals surface area contributed by atoms with Crippen LogP contribution in [0.3, 0.4) is 0 Å². The number of hydrogen-bond donors (Lipinski definition) is 2. The summed E-state index contributed by atoms with van der Waals surface area (Å²) in [4.78, 5) is 23.0. The number of hydrogen-bond acceptors (Lipinski definition) is 4. The summed E-state index contributed by atoms with van der Waals surface area (Å²) in [5.74, 6) is -0.766. The zero-order chi connectivity index (χ0) is 13.4. The molecule has 0 spiro atoms. The summed E-state index contributed by atoms with van der Waals surface area (Å²) in [6.07, 6.45) is 0.150. The number of nitrogens with two attached hydrogens (primary N) is 1. The van der Waals surface area contributed by atoms with Crippen molar-refractivity contribution in [3.8, 4) is 0 Å². The van der Waals surface area contributed by atoms with Crippen LogP contribution in [0.5, 0.6) is 0 Å². The number of carbonyl (C=O) groups is 2. The van der Waals surface area contributed by atoms with Gasteiger partial charge in [0.25, 0.3) is 0 Å². The highest BCUT2D eigenvalue weighted by Gasteiger charge is 2.12. The molecule has 0 unspecified atom stereocenters. The van der Waals surface area contributed by atoms with Gasteiger partial charge in [-0.15, -0.1) is 11.3 Å². The topological polar surface area (TPSA) is 92.9 Å². The van der Waals surface area contributed by atoms with Gasteiger partial charge in [0, 0.05) is 18.0 Å². The van der Waals surface area contributed by atoms with Crippen LogP contribution in [0.1, 0.15) is 4.88 Å². The van der Waals surface area contributed by atoms with Crippen molar-refractivity contribution in [2.45, 2.75) is 6.42 Å². The lowest BCUT2D eigenvalue weighted by molar-refractivity contribution is -0.136. The second-order valence-corrected chi connectivity index (χ2v) is 4.62. The third kappa shape index (κ3) is 5.65. The first-order valence-corrected chi connectivity index (χ1v) is 6.34. The minimum atomic E-state index is -0.766. The normalized spacial score (nSPS) is 14.6. The number of amides is 2. The zero-order valence-corrected chi connectivity index (χ0v) is 10.7. The Kier molecular flexibility index (Phi) is 6.16. The maximum absolute atomic E-state index is 10.4. The van der Waals surface area contributed by atoms with Crippen molar-refractivity contribution < 1.29 is 19.4 Å². The van der Waals surface area contributed by atoms with Gasteiger partial charge in [0.2, 0.25) is 0 Å². The predicted molar refractivity (Wildman–Crippen MR) is 67.6 cm³/mol. The summed E-state index contributed by atoms with van der Waals surface area (Å²) >= 11 is 1.47. The molecule has 2 amide bonds. The molecule has 1 aromatic rings. The van der Waals surface area contributed by atoms with Gasteiger partial charge in [-0.2, -0.15) is 0 Å². The van der Waals surface area contributed by atoms with Crippen molar-refractivity contribution in [3.05, 3.63) is 22.4 Å². The first-order valence-electron chi connectivity index (χ1n) is 5.46. The molecule has 1 fully saturated rings. The number of aliphatic carboxylic acids is 1. The number of morpholine rings is 1. The number of nitrogens with zero attached hydrogens (tertiary/aromatic N) is 1. The summed E-state index contributed by atoms with van der Waals surface area (Å²) in [7, 11) is 0. The summed E-state index contributed by atoms with van der Waals surface area (Å²) in [5.41, 5.74) is 5.00. The molecule has 0 atom stereocenters. The van der Waals surface area contributed by atoms with Crippen molar-refractivity contribution >= 4 is 23.3 Å². The fourth-order valence-electron chi connectivity index (χ4n) is 1.35. The molecule has 7 heteroatoms. The molecule has 1 aliphatic heterocycles. The average Bonchev–Trinajstić information content (AvgIpc) is 2.83. The minimum Gasteiger partial charge on any atom is -0.481 e. The van der Waals surface area contributed by atoms with Gasteiger partial charge >= 0.3 is 12.0 Å². The second kappa shape index (κ2) is 7.67. The van der Waals surface area contributed by atoms with Gasteiger partial charge in [0.15, 0.2) is 0 Å². The number of carboxylic acids is 1. The smallest absolute Gasteiger partial charge is 0.314 e. The van der Waals surface area contributed by atoms with E-state index in [1.165, 1.54) is 11.3 Å². The van der Waals surface area contributed by atoms with E-state index in [0.29, 0.717) is 26.3 Å². The minimum absolute atomic E-state index is 0.150. The number of urea groups is 1. The number of ether oxygens (including phenoxy) is 1. The largest absolute Gasteiger partial charge is 0.481 e. The SMILES string of the molecule is NC(=O)N1CCOCC1.O=C(O)Cc1cccs1. The van der Waals surface area contributed by atoms with Crippen molar-refractivity contribution in [2.24, 2.45) is 5.73 Å². The van der Waals surface area contributed by atoms with Crippen LogP contribution >= 0.6 is 11.3 Å². The molecule has 3 N–H and O–H groups in total. The highest BCUT2D eigenvalue weighted by atomic mass is 32.1. The van der Waals surface area contributed by atoms with E-state index < -0.39 is 5.97 Å². The van der Waals surface area contributed by atoms with Gasteiger partial charge in [0.1, 0.15) is 0 Å². The Bertz CT molecular complexity index is 374. The Labute approximate surface area is 109 Å². The van der Waals surface area contributed by atoms with Crippen LogP contribution in [-0.4, -0.2) is 48.3 Å². The van der Waals surface area contributed by atoms with E-state index in [9.17, 15) is 9.59 Å². The van der Waals surface area contributed by atoms with Crippen molar-refractivity contribution in [3.63, 3.8) is 0 Å². The molecule has 18 heavy (non-hydrogen) atoms. The molecule has 100 valence electrons. The van der Waals surface area contributed by atoms with Gasteiger partial charge in [0.05, 0.1) is 19.6 Å². The molecule has 2 rings (SSSR count). The predicted octanol–water partition coefficient (Wildman–Crippen LogP) is 0.773. The third-order valence-corrected chi connectivity index (χ3v) is 3.10. The zero-order valence-electron chi connectivity index (χ0n) is 9.87. The maximum atomic E-state index is 10.4. The molecule has 1 aromatic heterocycles. The molecule has 0 radical (unpaired) electrons. The first-order chi connectivity index (χ1) is 8.59. The molecule has 0 bridgehead atoms. The fourth-order valence-corrected chi connectivity index (χ4v) is 2.04. The lowest BCUT2D eigenvalue weighted by Crippen LogP contribution is -2.43. The van der Waals surface area contributed by atoms with E-state index in [1.807, 2.05) is 17.5 Å². The molecular formula is C11H16N2O4S. The van der Waals surface area contributed by atoms with Crippen LogP contribution < -0.4 is 5.73 Å². The average molecular weight is 272 g/mol. The number of primary amides is 1. The monoisotopic (exact) mass is 272 g/mol. The summed E-state index contributed by atoms with van der Waals surface area (Å²) < 4.78 is 5.00. The fraction of sp³-hybridized carbons (Fsp3) is 0.455. The maximum Gasteiger partial charge on any atom is 0.314 e. The number of rotatable bonds is 2. The molecule has 1 aliphatic rings. The molecule has 1 saturated heterocycles. The van der Waals surface area contributed by atoms with Crippen LogP contribution in [0.15, 0.2) is 17.5 Å². The van der Waals surface area contributed by atoms with E-state index in [-0.39, 0.29) is 12.5 Å². The Morgan fingerprint density at radius 3 is 2.50 bits per heavy atom. The summed E-state index contributed by atoms with van der Waals surface area (Å²) in [5, 5.41) is 10.2. The molecule has 0 aliphatic carbocycles. The number of carboxylic acid groups (broad SMARTS) is 1. The molecule has 2 heterocycles. The van der Waals surface area contributed by atoms with Crippen molar-refractivity contribution in [2.75, 3.05) is 26.3 Å². The molecule has 6 nitrogen and oxygen atoms in total. The van der Waals surface area contributed by atoms with Crippen LogP contribution in [0.4, 0.5) is 4.79 Å². The van der Waals surface area contributed by atoms with Crippen LogP contribution in [0.25, 0.3) is 0 Å². The highest BCUT2D eigenvalue weighted by Crippen LogP contribution is 2.08. The van der Waals surface area contributed by atoms with E-state index in [4.69, 9.17) is 15.6 Å². The summed E-state index contributed by atoms with van der Waals surface area (Å²) in [6, 6.07) is 3.32. The number of carbonyl (C=O) groups excluding carboxylic acids is 1. The van der Waals surface area contributed by atoms with Crippen LogP contribution in [0, 0.1) is 0 Å². The van der Waals surface area contributed by atoms with Gasteiger partial charge in [-0.3, -0.25) is 4.79 Å². The van der Waals surface area contributed by atoms with E-state index in [0.717, 1.165) is 4.88 Å².